The highest BCUT2D eigenvalue weighted by atomic mass is 35.5. The second-order valence-corrected chi connectivity index (χ2v) is 7.41. The first-order chi connectivity index (χ1) is 12.7. The van der Waals surface area contributed by atoms with Crippen LogP contribution >= 0.6 is 24.8 Å². The van der Waals surface area contributed by atoms with E-state index in [1.807, 2.05) is 4.57 Å². The summed E-state index contributed by atoms with van der Waals surface area (Å²) in [7, 11) is 0. The van der Waals surface area contributed by atoms with Gasteiger partial charge in [-0.1, -0.05) is 0 Å². The molecule has 1 aromatic heterocycles. The fourth-order valence-electron chi connectivity index (χ4n) is 4.00. The highest BCUT2D eigenvalue weighted by Crippen LogP contribution is 2.22. The van der Waals surface area contributed by atoms with Crippen LogP contribution in [-0.4, -0.2) is 70.5 Å². The van der Waals surface area contributed by atoms with Crippen molar-refractivity contribution < 1.29 is 9.53 Å². The van der Waals surface area contributed by atoms with Crippen LogP contribution in [-0.2, 0) is 22.5 Å². The van der Waals surface area contributed by atoms with Crippen molar-refractivity contribution in [1.82, 2.24) is 25.0 Å². The third-order valence-electron chi connectivity index (χ3n) is 5.57. The molecule has 0 saturated carbocycles. The van der Waals surface area contributed by atoms with Gasteiger partial charge in [-0.2, -0.15) is 0 Å². The minimum absolute atomic E-state index is 0. The fraction of sp³-hybridized carbons (Fsp3) is 0.833. The number of carbonyl (C=O) groups excluding carboxylic acids is 1. The summed E-state index contributed by atoms with van der Waals surface area (Å²) < 4.78 is 7.48. The first-order valence-corrected chi connectivity index (χ1v) is 9.89. The molecule has 1 amide bonds. The highest BCUT2D eigenvalue weighted by molar-refractivity contribution is 5.85. The maximum atomic E-state index is 12.7. The molecule has 3 rings (SSSR count). The topological polar surface area (TPSA) is 98.3 Å². The molecule has 2 atom stereocenters. The average Bonchev–Trinajstić information content (AvgIpc) is 3.02. The normalized spacial score (nSPS) is 23.9. The van der Waals surface area contributed by atoms with Gasteiger partial charge >= 0.3 is 0 Å². The van der Waals surface area contributed by atoms with Crippen molar-refractivity contribution in [2.24, 2.45) is 11.7 Å². The monoisotopic (exact) mass is 436 g/mol. The lowest BCUT2D eigenvalue weighted by Crippen LogP contribution is -2.47. The average molecular weight is 437 g/mol. The SMILES string of the molecule is CCn1cnnc1CCNC(=O)[C@@H]1CC[C@H](N)CN(C2CCOCC2)C1.Cl.Cl. The Morgan fingerprint density at radius 2 is 2.00 bits per heavy atom. The number of aryl methyl sites for hydroxylation is 1. The number of hydrogen-bond acceptors (Lipinski definition) is 6. The molecular formula is C18H34Cl2N6O2. The lowest BCUT2D eigenvalue weighted by Gasteiger charge is -2.35. The predicted octanol–water partition coefficient (Wildman–Crippen LogP) is 1.02. The van der Waals surface area contributed by atoms with Gasteiger partial charge in [0.15, 0.2) is 0 Å². The molecule has 1 aromatic rings. The number of nitrogens with two attached hydrogens (primary N) is 1. The molecule has 8 nitrogen and oxygen atoms in total. The molecule has 0 aliphatic carbocycles. The van der Waals surface area contributed by atoms with Crippen LogP contribution in [0, 0.1) is 5.92 Å². The van der Waals surface area contributed by atoms with Gasteiger partial charge < -0.3 is 20.4 Å². The Balaban J connectivity index is 0.00000196. The standard InChI is InChI=1S/C18H32N6O2.2ClH/c1-2-23-13-21-22-17(23)5-8-20-18(25)14-3-4-15(19)12-24(11-14)16-6-9-26-10-7-16;;/h13-16H,2-12,19H2,1H3,(H,20,25);2*1H/t14-,15+;;/m1../s1. The number of carbonyl (C=O) groups is 1. The van der Waals surface area contributed by atoms with Crippen molar-refractivity contribution in [2.45, 2.75) is 57.7 Å². The molecule has 0 bridgehead atoms. The summed E-state index contributed by atoms with van der Waals surface area (Å²) in [6, 6.07) is 0.644. The number of likely N-dealkylation sites (tertiary alicyclic amines) is 1. The Labute approximate surface area is 179 Å². The smallest absolute Gasteiger partial charge is 0.224 e. The van der Waals surface area contributed by atoms with Gasteiger partial charge in [-0.05, 0) is 32.6 Å². The highest BCUT2D eigenvalue weighted by Gasteiger charge is 2.31. The van der Waals surface area contributed by atoms with E-state index in [1.165, 1.54) is 0 Å². The van der Waals surface area contributed by atoms with Gasteiger partial charge in [0.25, 0.3) is 0 Å². The number of amides is 1. The van der Waals surface area contributed by atoms with E-state index in [0.717, 1.165) is 64.4 Å². The Hall–Kier alpha value is -0.930. The van der Waals surface area contributed by atoms with Crippen LogP contribution in [0.3, 0.4) is 0 Å². The van der Waals surface area contributed by atoms with Crippen LogP contribution in [0.2, 0.25) is 0 Å². The quantitative estimate of drug-likeness (QED) is 0.690. The molecule has 162 valence electrons. The van der Waals surface area contributed by atoms with Gasteiger partial charge in [0.05, 0.1) is 5.92 Å². The van der Waals surface area contributed by atoms with Gasteiger partial charge in [0.2, 0.25) is 5.91 Å². The largest absolute Gasteiger partial charge is 0.381 e. The summed E-state index contributed by atoms with van der Waals surface area (Å²) >= 11 is 0. The van der Waals surface area contributed by atoms with E-state index < -0.39 is 0 Å². The van der Waals surface area contributed by atoms with Gasteiger partial charge in [0, 0.05) is 57.9 Å². The first-order valence-electron chi connectivity index (χ1n) is 9.89. The molecule has 3 N–H and O–H groups in total. The molecule has 2 fully saturated rings. The van der Waals surface area contributed by atoms with Crippen molar-refractivity contribution in [3.8, 4) is 0 Å². The number of hydrogen-bond donors (Lipinski definition) is 2. The number of nitrogens with zero attached hydrogens (tertiary/aromatic N) is 4. The van der Waals surface area contributed by atoms with Gasteiger partial charge in [-0.15, -0.1) is 35.0 Å². The summed E-state index contributed by atoms with van der Waals surface area (Å²) in [4.78, 5) is 15.2. The Bertz CT molecular complexity index is 582. The molecule has 10 heteroatoms. The molecule has 0 unspecified atom stereocenters. The maximum Gasteiger partial charge on any atom is 0.224 e. The van der Waals surface area contributed by atoms with Crippen molar-refractivity contribution in [1.29, 1.82) is 0 Å². The Morgan fingerprint density at radius 3 is 2.71 bits per heavy atom. The van der Waals surface area contributed by atoms with Crippen molar-refractivity contribution >= 4 is 30.7 Å². The number of halogens is 2. The molecule has 0 aromatic carbocycles. The molecule has 2 aliphatic rings. The molecule has 2 aliphatic heterocycles. The number of rotatable bonds is 6. The summed E-state index contributed by atoms with van der Waals surface area (Å²) in [5, 5.41) is 11.1. The van der Waals surface area contributed by atoms with Crippen LogP contribution in [0.4, 0.5) is 0 Å². The van der Waals surface area contributed by atoms with Gasteiger partial charge in [-0.25, -0.2) is 0 Å². The maximum absolute atomic E-state index is 12.7. The zero-order valence-corrected chi connectivity index (χ0v) is 18.2. The van der Waals surface area contributed by atoms with E-state index in [0.29, 0.717) is 19.0 Å². The lowest BCUT2D eigenvalue weighted by molar-refractivity contribution is -0.125. The third kappa shape index (κ3) is 6.84. The van der Waals surface area contributed by atoms with Crippen LogP contribution in [0.25, 0.3) is 0 Å². The molecular weight excluding hydrogens is 403 g/mol. The van der Waals surface area contributed by atoms with Crippen LogP contribution in [0.5, 0.6) is 0 Å². The van der Waals surface area contributed by atoms with E-state index in [4.69, 9.17) is 10.5 Å². The van der Waals surface area contributed by atoms with Crippen molar-refractivity contribution in [3.05, 3.63) is 12.2 Å². The summed E-state index contributed by atoms with van der Waals surface area (Å²) in [5.74, 6) is 1.06. The minimum atomic E-state index is 0. The summed E-state index contributed by atoms with van der Waals surface area (Å²) in [6.45, 7) is 6.81. The zero-order chi connectivity index (χ0) is 18.4. The molecule has 28 heavy (non-hydrogen) atoms. The summed E-state index contributed by atoms with van der Waals surface area (Å²) in [5.41, 5.74) is 6.27. The van der Waals surface area contributed by atoms with E-state index in [2.05, 4.69) is 27.3 Å². The zero-order valence-electron chi connectivity index (χ0n) is 16.6. The van der Waals surface area contributed by atoms with Gasteiger partial charge in [0.1, 0.15) is 12.2 Å². The number of ether oxygens (including phenoxy) is 1. The van der Waals surface area contributed by atoms with Crippen molar-refractivity contribution in [3.63, 3.8) is 0 Å². The molecule has 0 radical (unpaired) electrons. The number of aromatic nitrogens is 3. The second-order valence-electron chi connectivity index (χ2n) is 7.41. The summed E-state index contributed by atoms with van der Waals surface area (Å²) in [6.07, 6.45) is 6.27. The van der Waals surface area contributed by atoms with E-state index in [9.17, 15) is 4.79 Å². The minimum Gasteiger partial charge on any atom is -0.381 e. The van der Waals surface area contributed by atoms with E-state index in [1.54, 1.807) is 6.33 Å². The van der Waals surface area contributed by atoms with Crippen LogP contribution < -0.4 is 11.1 Å². The van der Waals surface area contributed by atoms with Crippen LogP contribution in [0.1, 0.15) is 38.4 Å². The molecule has 2 saturated heterocycles. The fourth-order valence-corrected chi connectivity index (χ4v) is 4.00. The predicted molar refractivity (Wildman–Crippen MR) is 113 cm³/mol. The Kier molecular flexibility index (Phi) is 11.3. The lowest BCUT2D eigenvalue weighted by atomic mass is 10.0. The first kappa shape index (κ1) is 25.1. The molecule has 0 spiro atoms. The third-order valence-corrected chi connectivity index (χ3v) is 5.57. The van der Waals surface area contributed by atoms with Crippen LogP contribution in [0.15, 0.2) is 6.33 Å². The van der Waals surface area contributed by atoms with Crippen molar-refractivity contribution in [2.75, 3.05) is 32.8 Å². The number of nitrogens with one attached hydrogen (secondary N) is 1. The Morgan fingerprint density at radius 1 is 1.25 bits per heavy atom. The second kappa shape index (κ2) is 12.6. The van der Waals surface area contributed by atoms with E-state index >= 15 is 0 Å². The molecule has 3 heterocycles. The van der Waals surface area contributed by atoms with Gasteiger partial charge in [-0.3, -0.25) is 9.69 Å². The van der Waals surface area contributed by atoms with E-state index in [-0.39, 0.29) is 42.7 Å².